The second-order valence-corrected chi connectivity index (χ2v) is 2.72. The van der Waals surface area contributed by atoms with Crippen LogP contribution in [0.3, 0.4) is 0 Å². The van der Waals surface area contributed by atoms with Gasteiger partial charge in [0.05, 0.1) is 18.2 Å². The molecule has 1 rings (SSSR count). The normalized spacial score (nSPS) is 9.67. The first-order chi connectivity index (χ1) is 7.10. The minimum absolute atomic E-state index is 0.0107. The van der Waals surface area contributed by atoms with E-state index in [1.54, 1.807) is 12.1 Å². The molecule has 0 radical (unpaired) electrons. The second-order valence-electron chi connectivity index (χ2n) is 2.72. The zero-order valence-electron chi connectivity index (χ0n) is 7.54. The second kappa shape index (κ2) is 4.34. The van der Waals surface area contributed by atoms with Crippen molar-refractivity contribution >= 4 is 5.69 Å². The van der Waals surface area contributed by atoms with E-state index in [9.17, 15) is 8.78 Å². The molecule has 1 aromatic heterocycles. The fraction of sp³-hybridized carbons (Fsp3) is 0.222. The summed E-state index contributed by atoms with van der Waals surface area (Å²) in [4.78, 5) is 3.39. The summed E-state index contributed by atoms with van der Waals surface area (Å²) >= 11 is 0. The van der Waals surface area contributed by atoms with Crippen molar-refractivity contribution in [3.05, 3.63) is 23.0 Å². The highest BCUT2D eigenvalue weighted by molar-refractivity contribution is 5.57. The zero-order valence-corrected chi connectivity index (χ0v) is 7.54. The molecule has 0 bridgehead atoms. The van der Waals surface area contributed by atoms with Crippen LogP contribution in [0.2, 0.25) is 0 Å². The number of nitrogens with two attached hydrogens (primary N) is 1. The highest BCUT2D eigenvalue weighted by Gasteiger charge is 2.15. The van der Waals surface area contributed by atoms with Crippen molar-refractivity contribution in [3.63, 3.8) is 0 Å². The van der Waals surface area contributed by atoms with Gasteiger partial charge in [-0.1, -0.05) is 0 Å². The minimum atomic E-state index is -2.78. The summed E-state index contributed by atoms with van der Waals surface area (Å²) in [5.74, 6) is 0. The number of nitrogens with zero attached hydrogens (tertiary/aromatic N) is 3. The van der Waals surface area contributed by atoms with E-state index in [2.05, 4.69) is 4.98 Å². The summed E-state index contributed by atoms with van der Waals surface area (Å²) in [6.07, 6.45) is -2.90. The smallest absolute Gasteiger partial charge is 0.280 e. The minimum Gasteiger partial charge on any atom is -0.396 e. The van der Waals surface area contributed by atoms with Gasteiger partial charge in [0.15, 0.2) is 5.69 Å². The molecule has 1 heterocycles. The molecule has 0 fully saturated rings. The number of halogens is 2. The monoisotopic (exact) mass is 208 g/mol. The van der Waals surface area contributed by atoms with Crippen molar-refractivity contribution < 1.29 is 8.78 Å². The average molecular weight is 208 g/mol. The standard InChI is InChI=1S/C9H6F2N4/c10-9(11)6-3-5(1-2-12)8(14)7(4-13)15-6/h3,9H,1,14H2. The first-order valence-corrected chi connectivity index (χ1v) is 3.94. The summed E-state index contributed by atoms with van der Waals surface area (Å²) in [6, 6.07) is 4.44. The van der Waals surface area contributed by atoms with Crippen LogP contribution in [0.25, 0.3) is 0 Å². The van der Waals surface area contributed by atoms with Crippen LogP contribution in [-0.2, 0) is 6.42 Å². The van der Waals surface area contributed by atoms with Gasteiger partial charge in [0, 0.05) is 0 Å². The maximum Gasteiger partial charge on any atom is 0.280 e. The predicted octanol–water partition coefficient (Wildman–Crippen LogP) is 1.54. The van der Waals surface area contributed by atoms with Gasteiger partial charge < -0.3 is 5.73 Å². The third-order valence-electron chi connectivity index (χ3n) is 1.76. The van der Waals surface area contributed by atoms with E-state index in [1.165, 1.54) is 0 Å². The van der Waals surface area contributed by atoms with Crippen molar-refractivity contribution in [2.75, 3.05) is 5.73 Å². The Hall–Kier alpha value is -2.21. The Morgan fingerprint density at radius 2 is 2.13 bits per heavy atom. The third kappa shape index (κ3) is 2.18. The van der Waals surface area contributed by atoms with Gasteiger partial charge in [-0.2, -0.15) is 10.5 Å². The molecule has 2 N–H and O–H groups in total. The Kier molecular flexibility index (Phi) is 3.14. The van der Waals surface area contributed by atoms with E-state index in [-0.39, 0.29) is 23.4 Å². The molecule has 0 unspecified atom stereocenters. The van der Waals surface area contributed by atoms with Crippen molar-refractivity contribution in [1.29, 1.82) is 10.5 Å². The van der Waals surface area contributed by atoms with Gasteiger partial charge >= 0.3 is 0 Å². The molecular weight excluding hydrogens is 202 g/mol. The molecular formula is C9H6F2N4. The van der Waals surface area contributed by atoms with Crippen LogP contribution < -0.4 is 5.73 Å². The number of nitrogen functional groups attached to an aromatic ring is 1. The number of aromatic nitrogens is 1. The van der Waals surface area contributed by atoms with Crippen LogP contribution in [0, 0.1) is 22.7 Å². The molecule has 0 spiro atoms. The number of anilines is 1. The predicted molar refractivity (Wildman–Crippen MR) is 47.6 cm³/mol. The Labute approximate surface area is 84.6 Å². The molecule has 0 aliphatic heterocycles. The summed E-state index contributed by atoms with van der Waals surface area (Å²) in [5.41, 5.74) is 4.86. The maximum atomic E-state index is 12.3. The van der Waals surface area contributed by atoms with E-state index in [4.69, 9.17) is 16.3 Å². The molecule has 0 saturated heterocycles. The van der Waals surface area contributed by atoms with Gasteiger partial charge in [-0.25, -0.2) is 13.8 Å². The van der Waals surface area contributed by atoms with Gasteiger partial charge in [-0.15, -0.1) is 0 Å². The lowest BCUT2D eigenvalue weighted by atomic mass is 10.1. The van der Waals surface area contributed by atoms with E-state index < -0.39 is 12.1 Å². The number of pyridine rings is 1. The summed E-state index contributed by atoms with van der Waals surface area (Å²) in [7, 11) is 0. The van der Waals surface area contributed by atoms with Crippen LogP contribution >= 0.6 is 0 Å². The van der Waals surface area contributed by atoms with Crippen LogP contribution in [0.4, 0.5) is 14.5 Å². The highest BCUT2D eigenvalue weighted by Crippen LogP contribution is 2.23. The summed E-state index contributed by atoms with van der Waals surface area (Å²) in [6.45, 7) is 0. The first kappa shape index (κ1) is 10.9. The first-order valence-electron chi connectivity index (χ1n) is 3.94. The number of rotatable bonds is 2. The summed E-state index contributed by atoms with van der Waals surface area (Å²) < 4.78 is 24.7. The van der Waals surface area contributed by atoms with E-state index in [0.29, 0.717) is 0 Å². The molecule has 76 valence electrons. The average Bonchev–Trinajstić information content (AvgIpc) is 2.21. The van der Waals surface area contributed by atoms with E-state index >= 15 is 0 Å². The molecule has 4 nitrogen and oxygen atoms in total. The number of alkyl halides is 2. The molecule has 15 heavy (non-hydrogen) atoms. The Morgan fingerprint density at radius 3 is 2.60 bits per heavy atom. The molecule has 1 aromatic rings. The molecule has 0 atom stereocenters. The number of hydrogen-bond acceptors (Lipinski definition) is 4. The van der Waals surface area contributed by atoms with E-state index in [0.717, 1.165) is 6.07 Å². The van der Waals surface area contributed by atoms with Crippen LogP contribution in [0.5, 0.6) is 0 Å². The molecule has 0 amide bonds. The molecule has 6 heteroatoms. The van der Waals surface area contributed by atoms with Crippen LogP contribution in [-0.4, -0.2) is 4.98 Å². The Morgan fingerprint density at radius 1 is 1.47 bits per heavy atom. The quantitative estimate of drug-likeness (QED) is 0.798. The van der Waals surface area contributed by atoms with Gasteiger partial charge in [0.25, 0.3) is 6.43 Å². The largest absolute Gasteiger partial charge is 0.396 e. The zero-order chi connectivity index (χ0) is 11.4. The van der Waals surface area contributed by atoms with Crippen molar-refractivity contribution in [1.82, 2.24) is 4.98 Å². The third-order valence-corrected chi connectivity index (χ3v) is 1.76. The Balaban J connectivity index is 3.34. The number of hydrogen-bond donors (Lipinski definition) is 1. The van der Waals surface area contributed by atoms with Crippen molar-refractivity contribution in [2.24, 2.45) is 0 Å². The van der Waals surface area contributed by atoms with Gasteiger partial charge in [-0.05, 0) is 11.6 Å². The lowest BCUT2D eigenvalue weighted by Gasteiger charge is -2.06. The SMILES string of the molecule is N#CCc1cc(C(F)F)nc(C#N)c1N. The lowest BCUT2D eigenvalue weighted by Crippen LogP contribution is -2.03. The van der Waals surface area contributed by atoms with Crippen LogP contribution in [0.1, 0.15) is 23.4 Å². The Bertz CT molecular complexity index is 456. The van der Waals surface area contributed by atoms with Crippen LogP contribution in [0.15, 0.2) is 6.07 Å². The van der Waals surface area contributed by atoms with Gasteiger partial charge in [0.1, 0.15) is 11.8 Å². The van der Waals surface area contributed by atoms with Gasteiger partial charge in [0.2, 0.25) is 0 Å². The molecule has 0 aliphatic rings. The van der Waals surface area contributed by atoms with Crippen molar-refractivity contribution in [2.45, 2.75) is 12.8 Å². The summed E-state index contributed by atoms with van der Waals surface area (Å²) in [5, 5.41) is 17.0. The topological polar surface area (TPSA) is 86.5 Å². The highest BCUT2D eigenvalue weighted by atomic mass is 19.3. The lowest BCUT2D eigenvalue weighted by molar-refractivity contribution is 0.146. The fourth-order valence-corrected chi connectivity index (χ4v) is 1.06. The fourth-order valence-electron chi connectivity index (χ4n) is 1.06. The van der Waals surface area contributed by atoms with E-state index in [1.807, 2.05) is 0 Å². The molecule has 0 saturated carbocycles. The maximum absolute atomic E-state index is 12.3. The van der Waals surface area contributed by atoms with Gasteiger partial charge in [-0.3, -0.25) is 0 Å². The van der Waals surface area contributed by atoms with Crippen molar-refractivity contribution in [3.8, 4) is 12.1 Å². The number of nitriles is 2. The molecule has 0 aromatic carbocycles. The molecule has 0 aliphatic carbocycles.